The highest BCUT2D eigenvalue weighted by atomic mass is 79.9. The highest BCUT2D eigenvalue weighted by Gasteiger charge is 2.10. The van der Waals surface area contributed by atoms with E-state index in [1.54, 1.807) is 0 Å². The molecule has 0 saturated heterocycles. The van der Waals surface area contributed by atoms with Gasteiger partial charge in [-0.15, -0.1) is 0 Å². The van der Waals surface area contributed by atoms with Crippen molar-refractivity contribution in [3.63, 3.8) is 0 Å². The van der Waals surface area contributed by atoms with Crippen molar-refractivity contribution >= 4 is 15.9 Å². The second-order valence-electron chi connectivity index (χ2n) is 3.98. The van der Waals surface area contributed by atoms with Gasteiger partial charge in [0.15, 0.2) is 0 Å². The third kappa shape index (κ3) is 3.38. The van der Waals surface area contributed by atoms with Crippen molar-refractivity contribution in [1.82, 2.24) is 15.0 Å². The average Bonchev–Trinajstić information content (AvgIpc) is 2.78. The van der Waals surface area contributed by atoms with Crippen molar-refractivity contribution in [2.75, 3.05) is 20.2 Å². The molecule has 96 valence electrons. The van der Waals surface area contributed by atoms with Crippen LogP contribution in [-0.2, 0) is 6.54 Å². The zero-order valence-corrected chi connectivity index (χ0v) is 11.6. The molecule has 0 aliphatic rings. The molecule has 0 saturated carbocycles. The molecule has 1 aromatic heterocycles. The van der Waals surface area contributed by atoms with Gasteiger partial charge in [-0.25, -0.2) is 0 Å². The predicted octanol–water partition coefficient (Wildman–Crippen LogP) is 1.92. The topological polar surface area (TPSA) is 62.4 Å². The largest absolute Gasteiger partial charge is 0.395 e. The molecule has 1 aromatic carbocycles. The number of hydrogen-bond donors (Lipinski definition) is 1. The number of aliphatic hydroxyl groups excluding tert-OH is 1. The van der Waals surface area contributed by atoms with Gasteiger partial charge in [-0.1, -0.05) is 33.2 Å². The van der Waals surface area contributed by atoms with Gasteiger partial charge in [0.25, 0.3) is 0 Å². The van der Waals surface area contributed by atoms with E-state index in [9.17, 15) is 0 Å². The Morgan fingerprint density at radius 2 is 2.28 bits per heavy atom. The highest BCUT2D eigenvalue weighted by molar-refractivity contribution is 9.10. The van der Waals surface area contributed by atoms with Crippen molar-refractivity contribution < 1.29 is 9.63 Å². The summed E-state index contributed by atoms with van der Waals surface area (Å²) >= 11 is 3.40. The first-order valence-electron chi connectivity index (χ1n) is 5.57. The van der Waals surface area contributed by atoms with Gasteiger partial charge < -0.3 is 9.63 Å². The number of hydrogen-bond acceptors (Lipinski definition) is 5. The van der Waals surface area contributed by atoms with Crippen molar-refractivity contribution in [1.29, 1.82) is 0 Å². The molecule has 1 N–H and O–H groups in total. The summed E-state index contributed by atoms with van der Waals surface area (Å²) in [5.41, 5.74) is 0.907. The molecule has 2 aromatic rings. The third-order valence-corrected chi connectivity index (χ3v) is 2.93. The monoisotopic (exact) mass is 311 g/mol. The maximum absolute atomic E-state index is 8.81. The molecule has 6 heteroatoms. The van der Waals surface area contributed by atoms with Gasteiger partial charge in [-0.2, -0.15) is 4.98 Å². The van der Waals surface area contributed by atoms with E-state index in [2.05, 4.69) is 26.1 Å². The maximum Gasteiger partial charge on any atom is 0.241 e. The molecule has 0 atom stereocenters. The van der Waals surface area contributed by atoms with Gasteiger partial charge in [0.2, 0.25) is 11.7 Å². The fourth-order valence-electron chi connectivity index (χ4n) is 1.54. The number of aliphatic hydroxyl groups is 1. The number of rotatable bonds is 5. The molecule has 2 rings (SSSR count). The molecular weight excluding hydrogens is 298 g/mol. The summed E-state index contributed by atoms with van der Waals surface area (Å²) in [6.07, 6.45) is 0. The number of benzene rings is 1. The molecule has 0 spiro atoms. The lowest BCUT2D eigenvalue weighted by molar-refractivity contribution is 0.200. The first kappa shape index (κ1) is 13.2. The molecule has 0 aliphatic heterocycles. The van der Waals surface area contributed by atoms with Gasteiger partial charge in [0.1, 0.15) is 0 Å². The zero-order valence-electron chi connectivity index (χ0n) is 10.0. The molecule has 0 amide bonds. The Kier molecular flexibility index (Phi) is 4.46. The molecule has 0 unspecified atom stereocenters. The number of aromatic nitrogens is 2. The Morgan fingerprint density at radius 1 is 1.44 bits per heavy atom. The summed E-state index contributed by atoms with van der Waals surface area (Å²) in [5.74, 6) is 1.12. The summed E-state index contributed by atoms with van der Waals surface area (Å²) in [6.45, 7) is 1.22. The molecular formula is C12H14BrN3O2. The molecule has 0 bridgehead atoms. The molecule has 0 radical (unpaired) electrons. The Morgan fingerprint density at radius 3 is 3.00 bits per heavy atom. The number of nitrogens with zero attached hydrogens (tertiary/aromatic N) is 3. The minimum Gasteiger partial charge on any atom is -0.395 e. The zero-order chi connectivity index (χ0) is 13.0. The average molecular weight is 312 g/mol. The second-order valence-corrected chi connectivity index (χ2v) is 4.90. The number of halogens is 1. The van der Waals surface area contributed by atoms with Gasteiger partial charge in [-0.05, 0) is 19.2 Å². The van der Waals surface area contributed by atoms with Crippen LogP contribution in [0.4, 0.5) is 0 Å². The predicted molar refractivity (Wildman–Crippen MR) is 70.9 cm³/mol. The molecule has 0 aliphatic carbocycles. The van der Waals surface area contributed by atoms with Crippen LogP contribution in [0.5, 0.6) is 0 Å². The van der Waals surface area contributed by atoms with Gasteiger partial charge in [-0.3, -0.25) is 4.90 Å². The minimum atomic E-state index is 0.114. The summed E-state index contributed by atoms with van der Waals surface area (Å²) in [7, 11) is 1.89. The van der Waals surface area contributed by atoms with Crippen LogP contribution in [-0.4, -0.2) is 40.3 Å². The Bertz CT molecular complexity index is 516. The van der Waals surface area contributed by atoms with E-state index in [4.69, 9.17) is 9.63 Å². The van der Waals surface area contributed by atoms with E-state index in [-0.39, 0.29) is 6.61 Å². The van der Waals surface area contributed by atoms with E-state index < -0.39 is 0 Å². The van der Waals surface area contributed by atoms with Crippen LogP contribution in [0, 0.1) is 0 Å². The Balaban J connectivity index is 2.10. The first-order chi connectivity index (χ1) is 8.69. The van der Waals surface area contributed by atoms with Crippen molar-refractivity contribution in [3.8, 4) is 11.4 Å². The van der Waals surface area contributed by atoms with Crippen molar-refractivity contribution in [2.24, 2.45) is 0 Å². The van der Waals surface area contributed by atoms with Crippen LogP contribution >= 0.6 is 15.9 Å². The van der Waals surface area contributed by atoms with Gasteiger partial charge in [0.05, 0.1) is 13.2 Å². The normalized spacial score (nSPS) is 11.1. The summed E-state index contributed by atoms with van der Waals surface area (Å²) in [5, 5.41) is 12.8. The van der Waals surface area contributed by atoms with Crippen LogP contribution < -0.4 is 0 Å². The maximum atomic E-state index is 8.81. The number of likely N-dealkylation sites (N-methyl/N-ethyl adjacent to an activating group) is 1. The lowest BCUT2D eigenvalue weighted by Crippen LogP contribution is -2.21. The Hall–Kier alpha value is -1.24. The molecule has 0 fully saturated rings. The molecule has 5 nitrogen and oxygen atoms in total. The Labute approximate surface area is 114 Å². The third-order valence-electron chi connectivity index (χ3n) is 2.44. The first-order valence-corrected chi connectivity index (χ1v) is 6.36. The van der Waals surface area contributed by atoms with E-state index in [1.165, 1.54) is 0 Å². The quantitative estimate of drug-likeness (QED) is 0.914. The van der Waals surface area contributed by atoms with Crippen LogP contribution in [0.3, 0.4) is 0 Å². The summed E-state index contributed by atoms with van der Waals surface area (Å²) in [6, 6.07) is 7.73. The fourth-order valence-corrected chi connectivity index (χ4v) is 1.94. The smallest absolute Gasteiger partial charge is 0.241 e. The highest BCUT2D eigenvalue weighted by Crippen LogP contribution is 2.20. The van der Waals surface area contributed by atoms with Crippen LogP contribution in [0.1, 0.15) is 5.89 Å². The van der Waals surface area contributed by atoms with Crippen LogP contribution in [0.15, 0.2) is 33.3 Å². The van der Waals surface area contributed by atoms with Crippen LogP contribution in [0.25, 0.3) is 11.4 Å². The van der Waals surface area contributed by atoms with E-state index in [0.717, 1.165) is 10.0 Å². The van der Waals surface area contributed by atoms with Crippen molar-refractivity contribution in [2.45, 2.75) is 6.54 Å². The van der Waals surface area contributed by atoms with Crippen LogP contribution in [0.2, 0.25) is 0 Å². The van der Waals surface area contributed by atoms with E-state index in [0.29, 0.717) is 24.8 Å². The SMILES string of the molecule is CN(CCO)Cc1nc(-c2cccc(Br)c2)no1. The lowest BCUT2D eigenvalue weighted by atomic mass is 10.2. The molecule has 1 heterocycles. The van der Waals surface area contributed by atoms with Gasteiger partial charge in [0, 0.05) is 16.6 Å². The fraction of sp³-hybridized carbons (Fsp3) is 0.333. The standard InChI is InChI=1S/C12H14BrN3O2/c1-16(5-6-17)8-11-14-12(15-18-11)9-3-2-4-10(13)7-9/h2-4,7,17H,5-6,8H2,1H3. The summed E-state index contributed by atoms with van der Waals surface area (Å²) < 4.78 is 6.15. The second kappa shape index (κ2) is 6.08. The molecule has 18 heavy (non-hydrogen) atoms. The van der Waals surface area contributed by atoms with E-state index >= 15 is 0 Å². The summed E-state index contributed by atoms with van der Waals surface area (Å²) in [4.78, 5) is 6.24. The van der Waals surface area contributed by atoms with Crippen molar-refractivity contribution in [3.05, 3.63) is 34.6 Å². The minimum absolute atomic E-state index is 0.114. The van der Waals surface area contributed by atoms with Gasteiger partial charge >= 0.3 is 0 Å². The van der Waals surface area contributed by atoms with E-state index in [1.807, 2.05) is 36.2 Å². The lowest BCUT2D eigenvalue weighted by Gasteiger charge is -2.10.